The molecule has 3 aromatic rings. The van der Waals surface area contributed by atoms with Gasteiger partial charge >= 0.3 is 0 Å². The van der Waals surface area contributed by atoms with Crippen LogP contribution in [0, 0.1) is 11.2 Å². The van der Waals surface area contributed by atoms with Crippen LogP contribution in [0.4, 0.5) is 4.39 Å². The van der Waals surface area contributed by atoms with Crippen molar-refractivity contribution in [2.45, 2.75) is 31.6 Å². The summed E-state index contributed by atoms with van der Waals surface area (Å²) < 4.78 is 49.6. The molecule has 5 rings (SSSR count). The zero-order chi connectivity index (χ0) is 26.2. The lowest BCUT2D eigenvalue weighted by Crippen LogP contribution is -2.54. The summed E-state index contributed by atoms with van der Waals surface area (Å²) >= 11 is 0. The van der Waals surface area contributed by atoms with E-state index in [1.165, 1.54) is 17.7 Å². The van der Waals surface area contributed by atoms with Gasteiger partial charge in [0.25, 0.3) is 0 Å². The van der Waals surface area contributed by atoms with Gasteiger partial charge in [-0.1, -0.05) is 19.4 Å². The summed E-state index contributed by atoms with van der Waals surface area (Å²) in [7, 11) is -2.10. The molecule has 0 saturated carbocycles. The molecular weight excluding hydrogens is 491 g/mol. The summed E-state index contributed by atoms with van der Waals surface area (Å²) in [6, 6.07) is 12.9. The fourth-order valence-corrected chi connectivity index (χ4v) is 7.13. The molecule has 1 atom stereocenters. The average molecular weight is 525 g/mol. The molecule has 7 nitrogen and oxygen atoms in total. The first-order chi connectivity index (χ1) is 17.8. The van der Waals surface area contributed by atoms with Crippen molar-refractivity contribution in [2.75, 3.05) is 39.8 Å². The average Bonchev–Trinajstić information content (AvgIpc) is 3.32. The van der Waals surface area contributed by atoms with E-state index in [0.29, 0.717) is 31.7 Å². The van der Waals surface area contributed by atoms with Crippen molar-refractivity contribution >= 4 is 16.1 Å². The van der Waals surface area contributed by atoms with Gasteiger partial charge in [-0.05, 0) is 86.1 Å². The van der Waals surface area contributed by atoms with Gasteiger partial charge in [0.05, 0.1) is 29.6 Å². The number of hydrogen-bond donors (Lipinski definition) is 0. The van der Waals surface area contributed by atoms with Crippen molar-refractivity contribution < 1.29 is 17.5 Å². The van der Waals surface area contributed by atoms with Gasteiger partial charge in [0, 0.05) is 25.0 Å². The van der Waals surface area contributed by atoms with Crippen LogP contribution in [0.5, 0.6) is 5.75 Å². The Labute approximate surface area is 218 Å². The van der Waals surface area contributed by atoms with Crippen molar-refractivity contribution in [3.05, 3.63) is 77.4 Å². The third-order valence-corrected chi connectivity index (χ3v) is 9.57. The molecular formula is C28H33FN4O3S. The molecule has 1 aliphatic heterocycles. The van der Waals surface area contributed by atoms with E-state index in [1.54, 1.807) is 47.8 Å². The maximum Gasteiger partial charge on any atom is 0.243 e. The third-order valence-electron chi connectivity index (χ3n) is 7.71. The maximum absolute atomic E-state index is 13.7. The fourth-order valence-electron chi connectivity index (χ4n) is 5.61. The number of sulfonamides is 1. The summed E-state index contributed by atoms with van der Waals surface area (Å²) in [5.74, 6) is 0.339. The summed E-state index contributed by atoms with van der Waals surface area (Å²) in [5.41, 5.74) is 3.76. The molecule has 196 valence electrons. The van der Waals surface area contributed by atoms with E-state index in [1.807, 2.05) is 10.9 Å². The van der Waals surface area contributed by atoms with Gasteiger partial charge in [0.1, 0.15) is 11.6 Å². The third kappa shape index (κ3) is 4.71. The van der Waals surface area contributed by atoms with Gasteiger partial charge < -0.3 is 9.64 Å². The van der Waals surface area contributed by atoms with Crippen LogP contribution in [0.2, 0.25) is 0 Å². The lowest BCUT2D eigenvalue weighted by atomic mass is 9.68. The highest BCUT2D eigenvalue weighted by atomic mass is 32.2. The second-order valence-corrected chi connectivity index (χ2v) is 11.7. The van der Waals surface area contributed by atoms with Crippen LogP contribution < -0.4 is 4.74 Å². The monoisotopic (exact) mass is 524 g/mol. The van der Waals surface area contributed by atoms with Gasteiger partial charge in [-0.15, -0.1) is 0 Å². The maximum atomic E-state index is 13.7. The highest BCUT2D eigenvalue weighted by Gasteiger charge is 2.46. The SMILES string of the molecule is CCN(CC)C[C@]12Cc3cnn(-c4ccc(F)cc4)c3C=C1CCN(S(=O)(=O)c1ccc(OC)cc1)C2. The number of nitrogens with zero attached hydrogens (tertiary/aromatic N) is 4. The molecule has 1 aliphatic carbocycles. The quantitative estimate of drug-likeness (QED) is 0.438. The van der Waals surface area contributed by atoms with E-state index >= 15 is 0 Å². The number of aromatic nitrogens is 2. The number of benzene rings is 2. The molecule has 1 fully saturated rings. The number of halogens is 1. The molecule has 9 heteroatoms. The Kier molecular flexibility index (Phi) is 6.95. The molecule has 2 aliphatic rings. The first-order valence-electron chi connectivity index (χ1n) is 12.7. The minimum atomic E-state index is -3.67. The molecule has 2 aromatic carbocycles. The lowest BCUT2D eigenvalue weighted by molar-refractivity contribution is 0.137. The molecule has 37 heavy (non-hydrogen) atoms. The van der Waals surface area contributed by atoms with Crippen molar-refractivity contribution in [1.29, 1.82) is 0 Å². The molecule has 0 unspecified atom stereocenters. The molecule has 1 aromatic heterocycles. The number of fused-ring (bicyclic) bond motifs is 2. The minimum absolute atomic E-state index is 0.277. The van der Waals surface area contributed by atoms with Gasteiger partial charge in [-0.25, -0.2) is 17.5 Å². The predicted molar refractivity (Wildman–Crippen MR) is 142 cm³/mol. The summed E-state index contributed by atoms with van der Waals surface area (Å²) in [6.07, 6.45) is 5.40. The van der Waals surface area contributed by atoms with Crippen molar-refractivity contribution in [1.82, 2.24) is 19.0 Å². The van der Waals surface area contributed by atoms with E-state index in [4.69, 9.17) is 4.74 Å². The highest BCUT2D eigenvalue weighted by Crippen LogP contribution is 2.46. The van der Waals surface area contributed by atoms with E-state index in [9.17, 15) is 12.8 Å². The molecule has 0 N–H and O–H groups in total. The number of ether oxygens (including phenoxy) is 1. The van der Waals surface area contributed by atoms with Crippen molar-refractivity contribution in [2.24, 2.45) is 5.41 Å². The molecule has 0 amide bonds. The first-order valence-corrected chi connectivity index (χ1v) is 14.1. The Morgan fingerprint density at radius 1 is 1.08 bits per heavy atom. The minimum Gasteiger partial charge on any atom is -0.497 e. The summed E-state index contributed by atoms with van der Waals surface area (Å²) in [6.45, 7) is 7.64. The van der Waals surface area contributed by atoms with E-state index in [2.05, 4.69) is 29.9 Å². The zero-order valence-corrected chi connectivity index (χ0v) is 22.3. The summed E-state index contributed by atoms with van der Waals surface area (Å²) in [4.78, 5) is 2.64. The van der Waals surface area contributed by atoms with Crippen molar-refractivity contribution in [3.8, 4) is 11.4 Å². The second kappa shape index (κ2) is 10.0. The van der Waals surface area contributed by atoms with Crippen molar-refractivity contribution in [3.63, 3.8) is 0 Å². The van der Waals surface area contributed by atoms with Crippen LogP contribution in [0.1, 0.15) is 31.5 Å². The Morgan fingerprint density at radius 3 is 2.43 bits per heavy atom. The molecule has 0 bridgehead atoms. The smallest absolute Gasteiger partial charge is 0.243 e. The van der Waals surface area contributed by atoms with Gasteiger partial charge in [-0.2, -0.15) is 9.40 Å². The Bertz CT molecular complexity index is 1400. The number of piperidine rings is 1. The van der Waals surface area contributed by atoms with Crippen LogP contribution in [-0.2, 0) is 16.4 Å². The molecule has 1 saturated heterocycles. The number of methoxy groups -OCH3 is 1. The largest absolute Gasteiger partial charge is 0.497 e. The predicted octanol–water partition coefficient (Wildman–Crippen LogP) is 4.38. The zero-order valence-electron chi connectivity index (χ0n) is 21.5. The molecule has 0 radical (unpaired) electrons. The number of hydrogen-bond acceptors (Lipinski definition) is 5. The van der Waals surface area contributed by atoms with Crippen LogP contribution >= 0.6 is 0 Å². The number of rotatable bonds is 8. The van der Waals surface area contributed by atoms with E-state index < -0.39 is 10.0 Å². The summed E-state index contributed by atoms with van der Waals surface area (Å²) in [5, 5.41) is 4.63. The Morgan fingerprint density at radius 2 is 1.78 bits per heavy atom. The van der Waals surface area contributed by atoms with Gasteiger partial charge in [-0.3, -0.25) is 0 Å². The van der Waals surface area contributed by atoms with E-state index in [-0.39, 0.29) is 16.1 Å². The van der Waals surface area contributed by atoms with Crippen LogP contribution in [0.15, 0.2) is 65.2 Å². The van der Waals surface area contributed by atoms with E-state index in [0.717, 1.165) is 36.6 Å². The fraction of sp³-hybridized carbons (Fsp3) is 0.393. The van der Waals surface area contributed by atoms with Gasteiger partial charge in [0.2, 0.25) is 10.0 Å². The standard InChI is InChI=1S/C28H33FN4O3S/c1-4-31(5-2)19-28-17-21-18-30-33(24-8-6-23(29)7-9-24)27(21)16-22(28)14-15-32(20-28)37(34,35)26-12-10-25(36-3)11-13-26/h6-13,16,18H,4-5,14-15,17,19-20H2,1-3H3/t28-/m0/s1. The normalized spacial score (nSPS) is 19.9. The molecule has 0 spiro atoms. The first kappa shape index (κ1) is 25.6. The Hall–Kier alpha value is -3.01. The second-order valence-electron chi connectivity index (χ2n) is 9.80. The molecule has 2 heterocycles. The van der Waals surface area contributed by atoms with Crippen LogP contribution in [0.3, 0.4) is 0 Å². The van der Waals surface area contributed by atoms with Crippen LogP contribution in [0.25, 0.3) is 11.8 Å². The lowest BCUT2D eigenvalue weighted by Gasteiger charge is -2.48. The Balaban J connectivity index is 1.52. The van der Waals surface area contributed by atoms with Crippen LogP contribution in [-0.4, -0.2) is 67.2 Å². The van der Waals surface area contributed by atoms with Gasteiger partial charge in [0.15, 0.2) is 0 Å². The topological polar surface area (TPSA) is 67.7 Å². The highest BCUT2D eigenvalue weighted by molar-refractivity contribution is 7.89.